The second-order valence-corrected chi connectivity index (χ2v) is 6.32. The Kier molecular flexibility index (Phi) is 4.41. The van der Waals surface area contributed by atoms with Crippen molar-refractivity contribution in [3.8, 4) is 0 Å². The van der Waals surface area contributed by atoms with Crippen LogP contribution in [0.25, 0.3) is 0 Å². The van der Waals surface area contributed by atoms with Gasteiger partial charge < -0.3 is 5.32 Å². The molecule has 1 unspecified atom stereocenters. The van der Waals surface area contributed by atoms with Gasteiger partial charge in [0.25, 0.3) is 0 Å². The maximum Gasteiger partial charge on any atom is 0.156 e. The third-order valence-corrected chi connectivity index (χ3v) is 4.66. The topological polar surface area (TPSA) is 27.6 Å². The molecule has 3 rings (SSSR count). The van der Waals surface area contributed by atoms with E-state index in [2.05, 4.69) is 45.5 Å². The third-order valence-electron chi connectivity index (χ3n) is 3.65. The first-order chi connectivity index (χ1) is 9.40. The maximum absolute atomic E-state index is 4.55. The Balaban J connectivity index is 1.48. The number of hydrogen-bond acceptors (Lipinski definition) is 4. The smallest absolute Gasteiger partial charge is 0.156 e. The molecule has 0 spiro atoms. The van der Waals surface area contributed by atoms with Crippen LogP contribution in [0.2, 0.25) is 0 Å². The van der Waals surface area contributed by atoms with E-state index in [1.54, 1.807) is 0 Å². The van der Waals surface area contributed by atoms with Gasteiger partial charge in [-0.05, 0) is 18.4 Å². The van der Waals surface area contributed by atoms with Crippen molar-refractivity contribution in [1.29, 1.82) is 0 Å². The van der Waals surface area contributed by atoms with E-state index in [0.29, 0.717) is 6.04 Å². The molecule has 1 fully saturated rings. The minimum atomic E-state index is 0.577. The van der Waals surface area contributed by atoms with Crippen molar-refractivity contribution in [3.05, 3.63) is 35.9 Å². The summed E-state index contributed by atoms with van der Waals surface area (Å²) in [6.07, 6.45) is 2.45. The molecule has 0 aromatic heterocycles. The predicted octanol–water partition coefficient (Wildman–Crippen LogP) is 2.34. The zero-order valence-electron chi connectivity index (χ0n) is 11.2. The first-order valence-corrected chi connectivity index (χ1v) is 8.09. The SMILES string of the molecule is c1ccc(CN2CCC(NC3=NCCCS3)C2)cc1. The van der Waals surface area contributed by atoms with Crippen molar-refractivity contribution in [3.63, 3.8) is 0 Å². The molecule has 0 amide bonds. The van der Waals surface area contributed by atoms with Crippen molar-refractivity contribution >= 4 is 16.9 Å². The minimum absolute atomic E-state index is 0.577. The molecule has 0 saturated carbocycles. The summed E-state index contributed by atoms with van der Waals surface area (Å²) in [5.74, 6) is 1.21. The van der Waals surface area contributed by atoms with Gasteiger partial charge in [-0.1, -0.05) is 42.1 Å². The first kappa shape index (κ1) is 13.0. The summed E-state index contributed by atoms with van der Waals surface area (Å²) in [4.78, 5) is 7.08. The molecule has 19 heavy (non-hydrogen) atoms. The number of nitrogens with zero attached hydrogens (tertiary/aromatic N) is 2. The van der Waals surface area contributed by atoms with E-state index in [0.717, 1.165) is 24.8 Å². The van der Waals surface area contributed by atoms with Gasteiger partial charge in [0.05, 0.1) is 0 Å². The predicted molar refractivity (Wildman–Crippen MR) is 82.6 cm³/mol. The van der Waals surface area contributed by atoms with E-state index >= 15 is 0 Å². The average molecular weight is 275 g/mol. The van der Waals surface area contributed by atoms with Gasteiger partial charge in [-0.15, -0.1) is 0 Å². The van der Waals surface area contributed by atoms with Gasteiger partial charge in [0.1, 0.15) is 0 Å². The van der Waals surface area contributed by atoms with Crippen LogP contribution in [-0.2, 0) is 6.54 Å². The quantitative estimate of drug-likeness (QED) is 0.917. The zero-order valence-corrected chi connectivity index (χ0v) is 12.0. The van der Waals surface area contributed by atoms with E-state index in [1.165, 1.54) is 30.7 Å². The molecule has 102 valence electrons. The van der Waals surface area contributed by atoms with Crippen LogP contribution in [0.1, 0.15) is 18.4 Å². The Morgan fingerprint density at radius 1 is 1.32 bits per heavy atom. The van der Waals surface area contributed by atoms with Gasteiger partial charge in [-0.25, -0.2) is 0 Å². The van der Waals surface area contributed by atoms with Crippen molar-refractivity contribution in [2.24, 2.45) is 4.99 Å². The lowest BCUT2D eigenvalue weighted by molar-refractivity contribution is 0.324. The minimum Gasteiger partial charge on any atom is -0.361 e. The van der Waals surface area contributed by atoms with Crippen molar-refractivity contribution in [1.82, 2.24) is 10.2 Å². The highest BCUT2D eigenvalue weighted by Crippen LogP contribution is 2.16. The summed E-state index contributed by atoms with van der Waals surface area (Å²) >= 11 is 1.88. The maximum atomic E-state index is 4.55. The van der Waals surface area contributed by atoms with Gasteiger partial charge in [0.15, 0.2) is 5.17 Å². The second kappa shape index (κ2) is 6.44. The summed E-state index contributed by atoms with van der Waals surface area (Å²) in [6, 6.07) is 11.3. The molecule has 4 heteroatoms. The Hall–Kier alpha value is -1.00. The molecule has 1 aromatic carbocycles. The Morgan fingerprint density at radius 2 is 2.21 bits per heavy atom. The fourth-order valence-electron chi connectivity index (χ4n) is 2.66. The Morgan fingerprint density at radius 3 is 3.00 bits per heavy atom. The van der Waals surface area contributed by atoms with E-state index in [4.69, 9.17) is 0 Å². The molecule has 1 saturated heterocycles. The molecule has 1 atom stereocenters. The highest BCUT2D eigenvalue weighted by Gasteiger charge is 2.23. The van der Waals surface area contributed by atoms with Crippen LogP contribution < -0.4 is 5.32 Å². The first-order valence-electron chi connectivity index (χ1n) is 7.10. The molecule has 2 heterocycles. The molecule has 3 nitrogen and oxygen atoms in total. The van der Waals surface area contributed by atoms with Gasteiger partial charge >= 0.3 is 0 Å². The lowest BCUT2D eigenvalue weighted by atomic mass is 10.2. The van der Waals surface area contributed by atoms with Crippen LogP contribution in [0, 0.1) is 0 Å². The summed E-state index contributed by atoms with van der Waals surface area (Å²) < 4.78 is 0. The monoisotopic (exact) mass is 275 g/mol. The number of benzene rings is 1. The van der Waals surface area contributed by atoms with Crippen LogP contribution >= 0.6 is 11.8 Å². The molecule has 0 bridgehead atoms. The van der Waals surface area contributed by atoms with Crippen molar-refractivity contribution in [2.45, 2.75) is 25.4 Å². The van der Waals surface area contributed by atoms with Crippen LogP contribution in [0.3, 0.4) is 0 Å². The number of aliphatic imine (C=N–C) groups is 1. The van der Waals surface area contributed by atoms with Gasteiger partial charge in [0, 0.05) is 38.0 Å². The summed E-state index contributed by atoms with van der Waals surface area (Å²) in [6.45, 7) is 4.38. The normalized spacial score (nSPS) is 24.2. The molecule has 0 aliphatic carbocycles. The fraction of sp³-hybridized carbons (Fsp3) is 0.533. The number of hydrogen-bond donors (Lipinski definition) is 1. The summed E-state index contributed by atoms with van der Waals surface area (Å²) in [5.41, 5.74) is 1.41. The number of thioether (sulfide) groups is 1. The van der Waals surface area contributed by atoms with Crippen LogP contribution in [0.15, 0.2) is 35.3 Å². The van der Waals surface area contributed by atoms with Gasteiger partial charge in [-0.3, -0.25) is 9.89 Å². The van der Waals surface area contributed by atoms with E-state index in [9.17, 15) is 0 Å². The van der Waals surface area contributed by atoms with E-state index in [-0.39, 0.29) is 0 Å². The third kappa shape index (κ3) is 3.74. The Labute approximate surface area is 119 Å². The fourth-order valence-corrected chi connectivity index (χ4v) is 3.56. The lowest BCUT2D eigenvalue weighted by Gasteiger charge is -2.19. The number of nitrogens with one attached hydrogen (secondary N) is 1. The lowest BCUT2D eigenvalue weighted by Crippen LogP contribution is -2.36. The molecule has 2 aliphatic rings. The molecule has 2 aliphatic heterocycles. The highest BCUT2D eigenvalue weighted by molar-refractivity contribution is 8.13. The summed E-state index contributed by atoms with van der Waals surface area (Å²) in [5, 5.41) is 4.77. The average Bonchev–Trinajstić information content (AvgIpc) is 2.88. The van der Waals surface area contributed by atoms with Crippen LogP contribution in [0.4, 0.5) is 0 Å². The highest BCUT2D eigenvalue weighted by atomic mass is 32.2. The molecular formula is C15H21N3S. The van der Waals surface area contributed by atoms with Crippen LogP contribution in [0.5, 0.6) is 0 Å². The van der Waals surface area contributed by atoms with Crippen LogP contribution in [-0.4, -0.2) is 41.5 Å². The number of rotatable bonds is 3. The van der Waals surface area contributed by atoms with E-state index in [1.807, 2.05) is 11.8 Å². The summed E-state index contributed by atoms with van der Waals surface area (Å²) in [7, 11) is 0. The Bertz CT molecular complexity index is 432. The molecular weight excluding hydrogens is 254 g/mol. The molecule has 0 radical (unpaired) electrons. The van der Waals surface area contributed by atoms with Crippen molar-refractivity contribution < 1.29 is 0 Å². The van der Waals surface area contributed by atoms with Gasteiger partial charge in [-0.2, -0.15) is 0 Å². The number of amidine groups is 1. The van der Waals surface area contributed by atoms with Gasteiger partial charge in [0.2, 0.25) is 0 Å². The zero-order chi connectivity index (χ0) is 12.9. The second-order valence-electron chi connectivity index (χ2n) is 5.24. The largest absolute Gasteiger partial charge is 0.361 e. The molecule has 1 N–H and O–H groups in total. The standard InChI is InChI=1S/C15H21N3S/c1-2-5-13(6-3-1)11-18-9-7-14(12-18)17-15-16-8-4-10-19-15/h1-3,5-6,14H,4,7-12H2,(H,16,17). The van der Waals surface area contributed by atoms with Crippen molar-refractivity contribution in [2.75, 3.05) is 25.4 Å². The molecule has 1 aromatic rings. The number of likely N-dealkylation sites (tertiary alicyclic amines) is 1. The van der Waals surface area contributed by atoms with E-state index < -0.39 is 0 Å².